The van der Waals surface area contributed by atoms with E-state index in [1.54, 1.807) is 10.8 Å². The van der Waals surface area contributed by atoms with E-state index in [1.807, 2.05) is 0 Å². The van der Waals surface area contributed by atoms with Crippen LogP contribution in [0, 0.1) is 0 Å². The number of hydrogen-bond acceptors (Lipinski definition) is 8. The monoisotopic (exact) mass is 476 g/mol. The van der Waals surface area contributed by atoms with Crippen molar-refractivity contribution < 1.29 is 21.6 Å². The number of aromatic nitrogens is 2. The molecule has 0 spiro atoms. The van der Waals surface area contributed by atoms with Crippen molar-refractivity contribution in [3.8, 4) is 0 Å². The highest BCUT2D eigenvalue weighted by Gasteiger charge is 2.46. The summed E-state index contributed by atoms with van der Waals surface area (Å²) in [5.74, 6) is 0. The van der Waals surface area contributed by atoms with Crippen LogP contribution in [0.1, 0.15) is 45.1 Å². The summed E-state index contributed by atoms with van der Waals surface area (Å²) >= 11 is 1.10. The van der Waals surface area contributed by atoms with Gasteiger partial charge in [-0.05, 0) is 43.4 Å². The molecule has 0 saturated heterocycles. The van der Waals surface area contributed by atoms with Crippen LogP contribution < -0.4 is 9.62 Å². The first-order valence-electron chi connectivity index (χ1n) is 9.86. The molecule has 1 aromatic carbocycles. The van der Waals surface area contributed by atoms with E-state index in [9.17, 15) is 21.6 Å². The number of hydrogen-bond donors (Lipinski definition) is 1. The van der Waals surface area contributed by atoms with Crippen molar-refractivity contribution in [1.29, 1.82) is 0 Å². The van der Waals surface area contributed by atoms with E-state index in [0.29, 0.717) is 6.42 Å². The number of anilines is 2. The number of rotatable bonds is 8. The standard InChI is InChI=1S/C18H23F3N6O2S2/c1-3-5-8-27-13(4-2)7-6-12-9-14(23-25-17-24-22-11-30-17)15(10-16(12)27)26-31(28,29)18(19,20)21/h9-11,13,26H,3-8H2,1-2H3. The maximum absolute atomic E-state index is 13.0. The van der Waals surface area contributed by atoms with Crippen LogP contribution >= 0.6 is 11.3 Å². The van der Waals surface area contributed by atoms with Crippen LogP contribution in [0.3, 0.4) is 0 Å². The Bertz CT molecular complexity index is 1030. The molecule has 1 N–H and O–H groups in total. The maximum atomic E-state index is 13.0. The van der Waals surface area contributed by atoms with Crippen LogP contribution in [0.25, 0.3) is 0 Å². The number of benzene rings is 1. The van der Waals surface area contributed by atoms with Gasteiger partial charge in [0.2, 0.25) is 0 Å². The van der Waals surface area contributed by atoms with Crippen molar-refractivity contribution in [2.24, 2.45) is 10.2 Å². The van der Waals surface area contributed by atoms with Gasteiger partial charge in [-0.2, -0.15) is 21.6 Å². The average molecular weight is 477 g/mol. The van der Waals surface area contributed by atoms with Crippen LogP contribution in [-0.2, 0) is 16.4 Å². The van der Waals surface area contributed by atoms with Crippen molar-refractivity contribution in [2.45, 2.75) is 57.5 Å². The summed E-state index contributed by atoms with van der Waals surface area (Å²) in [7, 11) is -5.62. The van der Waals surface area contributed by atoms with E-state index in [1.165, 1.54) is 11.6 Å². The van der Waals surface area contributed by atoms with E-state index in [-0.39, 0.29) is 22.5 Å². The predicted molar refractivity (Wildman–Crippen MR) is 114 cm³/mol. The molecule has 0 saturated carbocycles. The molecule has 2 heterocycles. The van der Waals surface area contributed by atoms with Gasteiger partial charge in [0.25, 0.3) is 5.13 Å². The number of aryl methyl sites for hydroxylation is 1. The van der Waals surface area contributed by atoms with E-state index < -0.39 is 15.5 Å². The van der Waals surface area contributed by atoms with Crippen LogP contribution in [0.15, 0.2) is 27.9 Å². The lowest BCUT2D eigenvalue weighted by Gasteiger charge is -2.39. The number of halogens is 3. The summed E-state index contributed by atoms with van der Waals surface area (Å²) < 4.78 is 64.3. The quantitative estimate of drug-likeness (QED) is 0.504. The van der Waals surface area contributed by atoms with Crippen LogP contribution in [0.4, 0.5) is 35.4 Å². The Hall–Kier alpha value is -2.28. The minimum absolute atomic E-state index is 0.00725. The number of sulfonamides is 1. The molecule has 1 atom stereocenters. The largest absolute Gasteiger partial charge is 0.516 e. The number of fused-ring (bicyclic) bond motifs is 1. The third-order valence-corrected chi connectivity index (χ3v) is 6.73. The highest BCUT2D eigenvalue weighted by molar-refractivity contribution is 7.93. The van der Waals surface area contributed by atoms with Crippen molar-refractivity contribution in [1.82, 2.24) is 10.2 Å². The highest BCUT2D eigenvalue weighted by Crippen LogP contribution is 2.41. The Morgan fingerprint density at radius 2 is 2.06 bits per heavy atom. The summed E-state index contributed by atoms with van der Waals surface area (Å²) in [4.78, 5) is 2.15. The molecule has 0 bridgehead atoms. The number of nitrogens with one attached hydrogen (secondary N) is 1. The van der Waals surface area contributed by atoms with Gasteiger partial charge in [-0.3, -0.25) is 4.72 Å². The van der Waals surface area contributed by atoms with Gasteiger partial charge in [0, 0.05) is 18.3 Å². The van der Waals surface area contributed by atoms with Crippen LogP contribution in [-0.4, -0.2) is 36.7 Å². The zero-order chi connectivity index (χ0) is 22.6. The molecule has 13 heteroatoms. The normalized spacial score (nSPS) is 17.2. The molecule has 170 valence electrons. The molecule has 0 amide bonds. The highest BCUT2D eigenvalue weighted by atomic mass is 32.2. The van der Waals surface area contributed by atoms with Crippen molar-refractivity contribution in [2.75, 3.05) is 16.2 Å². The number of unbranched alkanes of at least 4 members (excludes halogenated alkanes) is 1. The summed E-state index contributed by atoms with van der Waals surface area (Å²) in [5, 5.41) is 15.4. The fourth-order valence-electron chi connectivity index (χ4n) is 3.49. The molecule has 1 aromatic heterocycles. The molecule has 3 rings (SSSR count). The van der Waals surface area contributed by atoms with Gasteiger partial charge in [-0.25, -0.2) is 0 Å². The molecule has 0 fully saturated rings. The number of azo groups is 1. The molecule has 0 radical (unpaired) electrons. The minimum Gasteiger partial charge on any atom is -0.368 e. The van der Waals surface area contributed by atoms with Crippen molar-refractivity contribution in [3.05, 3.63) is 23.2 Å². The summed E-state index contributed by atoms with van der Waals surface area (Å²) in [5.41, 5.74) is -2.69. The molecule has 1 aliphatic rings. The lowest BCUT2D eigenvalue weighted by atomic mass is 9.93. The molecular weight excluding hydrogens is 453 g/mol. The Kier molecular flexibility index (Phi) is 7.14. The van der Waals surface area contributed by atoms with Gasteiger partial charge in [0.05, 0.1) is 5.69 Å². The zero-order valence-electron chi connectivity index (χ0n) is 17.1. The molecular formula is C18H23F3N6O2S2. The fraction of sp³-hybridized carbons (Fsp3) is 0.556. The van der Waals surface area contributed by atoms with Gasteiger partial charge >= 0.3 is 15.5 Å². The molecule has 1 aliphatic heterocycles. The smallest absolute Gasteiger partial charge is 0.368 e. The van der Waals surface area contributed by atoms with Gasteiger partial charge in [0.1, 0.15) is 11.2 Å². The summed E-state index contributed by atoms with van der Waals surface area (Å²) in [6, 6.07) is 3.27. The van der Waals surface area contributed by atoms with Gasteiger partial charge in [-0.15, -0.1) is 20.4 Å². The van der Waals surface area contributed by atoms with E-state index in [4.69, 9.17) is 0 Å². The molecule has 31 heavy (non-hydrogen) atoms. The third-order valence-electron chi connectivity index (χ3n) is 5.06. The van der Waals surface area contributed by atoms with Gasteiger partial charge < -0.3 is 4.90 Å². The Morgan fingerprint density at radius 1 is 1.29 bits per heavy atom. The second-order valence-corrected chi connectivity index (χ2v) is 9.60. The first-order valence-corrected chi connectivity index (χ1v) is 12.2. The van der Waals surface area contributed by atoms with E-state index >= 15 is 0 Å². The zero-order valence-corrected chi connectivity index (χ0v) is 18.7. The van der Waals surface area contributed by atoms with Crippen LogP contribution in [0.2, 0.25) is 0 Å². The molecule has 1 unspecified atom stereocenters. The predicted octanol–water partition coefficient (Wildman–Crippen LogP) is 5.55. The van der Waals surface area contributed by atoms with E-state index in [2.05, 4.69) is 39.2 Å². The maximum Gasteiger partial charge on any atom is 0.516 e. The Balaban J connectivity index is 2.08. The topological polar surface area (TPSA) is 99.9 Å². The second kappa shape index (κ2) is 9.47. The molecule has 0 aliphatic carbocycles. The van der Waals surface area contributed by atoms with Gasteiger partial charge in [-0.1, -0.05) is 31.6 Å². The third kappa shape index (κ3) is 5.32. The molecule has 2 aromatic rings. The molecule has 8 nitrogen and oxygen atoms in total. The number of nitrogens with zero attached hydrogens (tertiary/aromatic N) is 5. The second-order valence-electron chi connectivity index (χ2n) is 7.12. The Morgan fingerprint density at radius 3 is 2.68 bits per heavy atom. The number of alkyl halides is 3. The van der Waals surface area contributed by atoms with Crippen molar-refractivity contribution >= 4 is 43.6 Å². The van der Waals surface area contributed by atoms with Crippen LogP contribution in [0.5, 0.6) is 0 Å². The minimum atomic E-state index is -5.62. The van der Waals surface area contributed by atoms with E-state index in [0.717, 1.165) is 54.8 Å². The average Bonchev–Trinajstić information content (AvgIpc) is 3.23. The summed E-state index contributed by atoms with van der Waals surface area (Å²) in [6.07, 6.45) is 4.37. The SMILES string of the molecule is CCCCN1c2cc(NS(=O)(=O)C(F)(F)F)c(N=Nc3nncs3)cc2CCC1CC. The fourth-order valence-corrected chi connectivity index (χ4v) is 4.43. The lowest BCUT2D eigenvalue weighted by Crippen LogP contribution is -2.39. The first kappa shape index (κ1) is 23.4. The Labute approximate surface area is 182 Å². The lowest BCUT2D eigenvalue weighted by molar-refractivity contribution is -0.0429. The summed E-state index contributed by atoms with van der Waals surface area (Å²) in [6.45, 7) is 4.86. The van der Waals surface area contributed by atoms with Gasteiger partial charge in [0.15, 0.2) is 0 Å². The van der Waals surface area contributed by atoms with Crippen molar-refractivity contribution in [3.63, 3.8) is 0 Å². The first-order chi connectivity index (χ1) is 14.7.